The van der Waals surface area contributed by atoms with Crippen molar-refractivity contribution < 1.29 is 14.3 Å². The fraction of sp³-hybridized carbons (Fsp3) is 0.100. The van der Waals surface area contributed by atoms with Crippen molar-refractivity contribution in [2.75, 3.05) is 12.8 Å². The summed E-state index contributed by atoms with van der Waals surface area (Å²) in [5, 5.41) is 5.15. The first kappa shape index (κ1) is 18.8. The van der Waals surface area contributed by atoms with Gasteiger partial charge in [-0.05, 0) is 17.7 Å². The fourth-order valence-electron chi connectivity index (χ4n) is 2.46. The molecule has 0 spiro atoms. The summed E-state index contributed by atoms with van der Waals surface area (Å²) in [5.41, 5.74) is 7.77. The monoisotopic (exact) mass is 377 g/mol. The number of nitrogens with one attached hydrogen (secondary N) is 2. The van der Waals surface area contributed by atoms with E-state index in [-0.39, 0.29) is 11.5 Å². The van der Waals surface area contributed by atoms with Crippen LogP contribution in [0.2, 0.25) is 0 Å². The van der Waals surface area contributed by atoms with Crippen LogP contribution in [-0.2, 0) is 6.54 Å². The van der Waals surface area contributed by atoms with Crippen LogP contribution in [-0.4, -0.2) is 29.0 Å². The lowest BCUT2D eigenvalue weighted by atomic mass is 10.1. The van der Waals surface area contributed by atoms with E-state index < -0.39 is 12.0 Å². The molecule has 1 heterocycles. The molecule has 0 aliphatic rings. The molecule has 0 aliphatic heterocycles. The van der Waals surface area contributed by atoms with Crippen molar-refractivity contribution in [2.24, 2.45) is 0 Å². The Balaban J connectivity index is 1.72. The summed E-state index contributed by atoms with van der Waals surface area (Å²) in [6, 6.07) is 16.3. The molecule has 142 valence electrons. The van der Waals surface area contributed by atoms with Gasteiger partial charge in [-0.3, -0.25) is 4.79 Å². The van der Waals surface area contributed by atoms with Crippen molar-refractivity contribution in [3.8, 4) is 17.0 Å². The highest BCUT2D eigenvalue weighted by Gasteiger charge is 2.14. The average molecular weight is 377 g/mol. The van der Waals surface area contributed by atoms with E-state index in [4.69, 9.17) is 10.5 Å². The molecule has 0 fully saturated rings. The van der Waals surface area contributed by atoms with Gasteiger partial charge in [-0.1, -0.05) is 42.5 Å². The molecule has 4 N–H and O–H groups in total. The van der Waals surface area contributed by atoms with Crippen LogP contribution < -0.4 is 21.1 Å². The van der Waals surface area contributed by atoms with E-state index in [0.717, 1.165) is 5.56 Å². The average Bonchev–Trinajstić information content (AvgIpc) is 2.73. The Hall–Kier alpha value is -3.94. The lowest BCUT2D eigenvalue weighted by molar-refractivity contribution is 0.0959. The van der Waals surface area contributed by atoms with Crippen LogP contribution in [0.4, 0.5) is 10.6 Å². The van der Waals surface area contributed by atoms with E-state index in [0.29, 0.717) is 23.6 Å². The summed E-state index contributed by atoms with van der Waals surface area (Å²) in [5.74, 6) is -0.0569. The van der Waals surface area contributed by atoms with Crippen LogP contribution in [0.1, 0.15) is 16.1 Å². The maximum Gasteiger partial charge on any atom is 0.412 e. The zero-order chi connectivity index (χ0) is 19.9. The Kier molecular flexibility index (Phi) is 5.81. The smallest absolute Gasteiger partial charge is 0.410 e. The van der Waals surface area contributed by atoms with Gasteiger partial charge in [0, 0.05) is 19.2 Å². The Morgan fingerprint density at radius 1 is 1.11 bits per heavy atom. The highest BCUT2D eigenvalue weighted by atomic mass is 16.6. The van der Waals surface area contributed by atoms with Crippen molar-refractivity contribution in [3.63, 3.8) is 0 Å². The van der Waals surface area contributed by atoms with Gasteiger partial charge in [0.05, 0.1) is 11.9 Å². The molecule has 0 saturated carbocycles. The number of nitrogen functional groups attached to an aromatic ring is 1. The van der Waals surface area contributed by atoms with Gasteiger partial charge >= 0.3 is 6.09 Å². The number of benzene rings is 2. The van der Waals surface area contributed by atoms with Gasteiger partial charge in [0.1, 0.15) is 5.75 Å². The van der Waals surface area contributed by atoms with Crippen molar-refractivity contribution in [2.45, 2.75) is 6.54 Å². The first-order chi connectivity index (χ1) is 13.6. The Morgan fingerprint density at radius 2 is 1.89 bits per heavy atom. The van der Waals surface area contributed by atoms with Crippen molar-refractivity contribution >= 4 is 17.8 Å². The molecular weight excluding hydrogens is 358 g/mol. The third-order valence-electron chi connectivity index (χ3n) is 3.86. The standard InChI is InChI=1S/C20H19N5O3/c1-22-19(26)17-18(21)23-12-16(25-17)14-8-5-9-15(10-14)28-20(27)24-11-13-6-3-2-4-7-13/h2-10,12H,11H2,1H3,(H2,21,23)(H,22,26)(H,24,27). The van der Waals surface area contributed by atoms with Gasteiger partial charge in [0.15, 0.2) is 11.5 Å². The summed E-state index contributed by atoms with van der Waals surface area (Å²) in [6.07, 6.45) is 0.881. The number of hydrogen-bond donors (Lipinski definition) is 3. The first-order valence-electron chi connectivity index (χ1n) is 8.51. The number of carbonyl (C=O) groups is 2. The van der Waals surface area contributed by atoms with Crippen LogP contribution in [0, 0.1) is 0 Å². The number of nitrogens with two attached hydrogens (primary N) is 1. The first-order valence-corrected chi connectivity index (χ1v) is 8.51. The molecule has 8 nitrogen and oxygen atoms in total. The van der Waals surface area contributed by atoms with E-state index in [2.05, 4.69) is 20.6 Å². The number of anilines is 1. The minimum absolute atomic E-state index is 0.0342. The SMILES string of the molecule is CNC(=O)c1nc(-c2cccc(OC(=O)NCc3ccccc3)c2)cnc1N. The summed E-state index contributed by atoms with van der Waals surface area (Å²) in [4.78, 5) is 32.1. The van der Waals surface area contributed by atoms with Crippen LogP contribution >= 0.6 is 0 Å². The predicted molar refractivity (Wildman–Crippen MR) is 105 cm³/mol. The molecule has 3 aromatic rings. The highest BCUT2D eigenvalue weighted by Crippen LogP contribution is 2.23. The Labute approximate surface area is 161 Å². The molecule has 3 rings (SSSR count). The molecule has 28 heavy (non-hydrogen) atoms. The molecule has 0 aliphatic carbocycles. The van der Waals surface area contributed by atoms with Crippen molar-refractivity contribution in [1.29, 1.82) is 0 Å². The van der Waals surface area contributed by atoms with Gasteiger partial charge in [0.2, 0.25) is 0 Å². The number of carbonyl (C=O) groups excluding carboxylic acids is 2. The van der Waals surface area contributed by atoms with Gasteiger partial charge in [-0.15, -0.1) is 0 Å². The van der Waals surface area contributed by atoms with E-state index in [1.54, 1.807) is 24.3 Å². The molecule has 1 aromatic heterocycles. The summed E-state index contributed by atoms with van der Waals surface area (Å²) in [7, 11) is 1.48. The fourth-order valence-corrected chi connectivity index (χ4v) is 2.46. The number of ether oxygens (including phenoxy) is 1. The molecule has 0 atom stereocenters. The number of amides is 2. The lowest BCUT2D eigenvalue weighted by Gasteiger charge is -2.09. The zero-order valence-corrected chi connectivity index (χ0v) is 15.2. The minimum Gasteiger partial charge on any atom is -0.410 e. The molecule has 0 radical (unpaired) electrons. The lowest BCUT2D eigenvalue weighted by Crippen LogP contribution is -2.26. The molecule has 8 heteroatoms. The van der Waals surface area contributed by atoms with Gasteiger partial charge in [0.25, 0.3) is 5.91 Å². The van der Waals surface area contributed by atoms with E-state index in [9.17, 15) is 9.59 Å². The van der Waals surface area contributed by atoms with Crippen LogP contribution in [0.5, 0.6) is 5.75 Å². The summed E-state index contributed by atoms with van der Waals surface area (Å²) >= 11 is 0. The Bertz CT molecular complexity index is 992. The van der Waals surface area contributed by atoms with Crippen molar-refractivity contribution in [3.05, 3.63) is 72.1 Å². The molecule has 0 unspecified atom stereocenters. The number of aromatic nitrogens is 2. The predicted octanol–water partition coefficient (Wildman–Crippen LogP) is 2.37. The van der Waals surface area contributed by atoms with Crippen LogP contribution in [0.15, 0.2) is 60.8 Å². The third kappa shape index (κ3) is 4.61. The van der Waals surface area contributed by atoms with Crippen LogP contribution in [0.25, 0.3) is 11.3 Å². The van der Waals surface area contributed by atoms with E-state index in [1.807, 2.05) is 30.3 Å². The summed E-state index contributed by atoms with van der Waals surface area (Å²) < 4.78 is 5.32. The molecule has 0 bridgehead atoms. The summed E-state index contributed by atoms with van der Waals surface area (Å²) in [6.45, 7) is 0.359. The Morgan fingerprint density at radius 3 is 2.64 bits per heavy atom. The second kappa shape index (κ2) is 8.63. The maximum absolute atomic E-state index is 12.0. The van der Waals surface area contributed by atoms with E-state index >= 15 is 0 Å². The largest absolute Gasteiger partial charge is 0.412 e. The molecule has 2 amide bonds. The number of nitrogens with zero attached hydrogens (tertiary/aromatic N) is 2. The van der Waals surface area contributed by atoms with Gasteiger partial charge < -0.3 is 21.1 Å². The highest BCUT2D eigenvalue weighted by molar-refractivity contribution is 5.96. The molecule has 2 aromatic carbocycles. The minimum atomic E-state index is -0.574. The number of hydrogen-bond acceptors (Lipinski definition) is 6. The van der Waals surface area contributed by atoms with Crippen molar-refractivity contribution in [1.82, 2.24) is 20.6 Å². The second-order valence-electron chi connectivity index (χ2n) is 5.82. The molecule has 0 saturated heterocycles. The van der Waals surface area contributed by atoms with E-state index in [1.165, 1.54) is 13.2 Å². The van der Waals surface area contributed by atoms with Crippen LogP contribution in [0.3, 0.4) is 0 Å². The topological polar surface area (TPSA) is 119 Å². The number of rotatable bonds is 5. The quantitative estimate of drug-likeness (QED) is 0.628. The third-order valence-corrected chi connectivity index (χ3v) is 3.86. The maximum atomic E-state index is 12.0. The van der Waals surface area contributed by atoms with Gasteiger partial charge in [-0.2, -0.15) is 0 Å². The molecular formula is C20H19N5O3. The van der Waals surface area contributed by atoms with Gasteiger partial charge in [-0.25, -0.2) is 14.8 Å². The normalized spacial score (nSPS) is 10.2. The zero-order valence-electron chi connectivity index (χ0n) is 15.2. The second-order valence-corrected chi connectivity index (χ2v) is 5.82.